The molecule has 11 rings (SSSR count). The number of aromatic nitrogens is 4. The molecule has 10 aromatic rings. The SMILES string of the molecule is C[Si]1(C)c2cc3c(cc2N(c2cccc(Oc4ccc5c6ccccc6n6ccnc6c5c4)c2)c2ncccc21)c1ccccc1n3-c1ccccc1. The second kappa shape index (κ2) is 11.1. The molecule has 6 nitrogen and oxygen atoms in total. The second-order valence-electron chi connectivity index (χ2n) is 14.4. The highest BCUT2D eigenvalue weighted by atomic mass is 28.3. The second-order valence-corrected chi connectivity index (χ2v) is 18.7. The predicted octanol–water partition coefficient (Wildman–Crippen LogP) is 10.5. The summed E-state index contributed by atoms with van der Waals surface area (Å²) in [6.45, 7) is 4.90. The van der Waals surface area contributed by atoms with E-state index in [2.05, 4.69) is 166 Å². The topological polar surface area (TPSA) is 47.6 Å². The van der Waals surface area contributed by atoms with E-state index < -0.39 is 8.07 Å². The largest absolute Gasteiger partial charge is 0.457 e. The maximum absolute atomic E-state index is 6.67. The summed E-state index contributed by atoms with van der Waals surface area (Å²) >= 11 is 0. The number of pyridine rings is 2. The van der Waals surface area contributed by atoms with E-state index in [1.807, 2.05) is 24.7 Å². The summed E-state index contributed by atoms with van der Waals surface area (Å²) in [5, 5.41) is 8.53. The van der Waals surface area contributed by atoms with E-state index in [0.29, 0.717) is 0 Å². The van der Waals surface area contributed by atoms with Crippen LogP contribution in [0.5, 0.6) is 11.5 Å². The normalized spacial score (nSPS) is 13.6. The third-order valence-corrected chi connectivity index (χ3v) is 14.5. The molecule has 0 radical (unpaired) electrons. The summed E-state index contributed by atoms with van der Waals surface area (Å²) in [5.74, 6) is 2.50. The average molecular weight is 700 g/mol. The zero-order valence-corrected chi connectivity index (χ0v) is 30.2. The first-order valence-electron chi connectivity index (χ1n) is 18.0. The number of anilines is 3. The van der Waals surface area contributed by atoms with Crippen LogP contribution < -0.4 is 20.0 Å². The van der Waals surface area contributed by atoms with Gasteiger partial charge in [0.15, 0.2) is 0 Å². The third-order valence-electron chi connectivity index (χ3n) is 11.0. The van der Waals surface area contributed by atoms with Crippen molar-refractivity contribution in [2.75, 3.05) is 4.90 Å². The average Bonchev–Trinajstić information content (AvgIpc) is 3.82. The van der Waals surface area contributed by atoms with Crippen molar-refractivity contribution in [3.8, 4) is 17.2 Å². The lowest BCUT2D eigenvalue weighted by molar-refractivity contribution is 0.483. The van der Waals surface area contributed by atoms with Gasteiger partial charge in [0.25, 0.3) is 0 Å². The highest BCUT2D eigenvalue weighted by molar-refractivity contribution is 7.02. The Morgan fingerprint density at radius 3 is 2.13 bits per heavy atom. The number of imidazole rings is 1. The van der Waals surface area contributed by atoms with Crippen molar-refractivity contribution in [3.05, 3.63) is 164 Å². The number of benzene rings is 6. The van der Waals surface area contributed by atoms with Crippen molar-refractivity contribution in [1.29, 1.82) is 0 Å². The van der Waals surface area contributed by atoms with Crippen LogP contribution >= 0.6 is 0 Å². The fourth-order valence-electron chi connectivity index (χ4n) is 8.57. The Morgan fingerprint density at radius 2 is 1.26 bits per heavy atom. The minimum absolute atomic E-state index is 0.755. The Hall–Kier alpha value is -6.70. The molecule has 0 aliphatic carbocycles. The van der Waals surface area contributed by atoms with Crippen molar-refractivity contribution >= 4 is 84.8 Å². The van der Waals surface area contributed by atoms with E-state index in [9.17, 15) is 0 Å². The van der Waals surface area contributed by atoms with Gasteiger partial charge in [-0.1, -0.05) is 79.8 Å². The van der Waals surface area contributed by atoms with Gasteiger partial charge in [-0.15, -0.1) is 0 Å². The van der Waals surface area contributed by atoms with Gasteiger partial charge in [-0.05, 0) is 88.6 Å². The Bertz CT molecular complexity index is 3090. The number of fused-ring (bicyclic) bond motifs is 11. The summed E-state index contributed by atoms with van der Waals surface area (Å²) < 4.78 is 11.2. The van der Waals surface area contributed by atoms with Crippen LogP contribution in [-0.2, 0) is 0 Å². The molecule has 4 aromatic heterocycles. The highest BCUT2D eigenvalue weighted by Gasteiger charge is 2.40. The van der Waals surface area contributed by atoms with Crippen molar-refractivity contribution in [1.82, 2.24) is 18.9 Å². The van der Waals surface area contributed by atoms with Gasteiger partial charge in [-0.25, -0.2) is 9.97 Å². The van der Waals surface area contributed by atoms with Gasteiger partial charge in [0.2, 0.25) is 0 Å². The number of rotatable bonds is 4. The number of ether oxygens (including phenoxy) is 1. The molecule has 0 N–H and O–H groups in total. The summed E-state index contributed by atoms with van der Waals surface area (Å²) in [6, 6.07) is 51.8. The van der Waals surface area contributed by atoms with Gasteiger partial charge in [0.1, 0.15) is 31.0 Å². The van der Waals surface area contributed by atoms with Crippen molar-refractivity contribution in [3.63, 3.8) is 0 Å². The van der Waals surface area contributed by atoms with Gasteiger partial charge in [-0.2, -0.15) is 0 Å². The molecule has 0 unspecified atom stereocenters. The highest BCUT2D eigenvalue weighted by Crippen LogP contribution is 2.43. The van der Waals surface area contributed by atoms with Crippen LogP contribution in [0.15, 0.2) is 164 Å². The molecule has 53 heavy (non-hydrogen) atoms. The van der Waals surface area contributed by atoms with Gasteiger partial charge in [-0.3, -0.25) is 9.30 Å². The molecule has 0 fully saturated rings. The van der Waals surface area contributed by atoms with Crippen molar-refractivity contribution in [2.24, 2.45) is 0 Å². The standard InChI is InChI=1S/C46H33N5OSi/c1-53(2)43-20-11-23-47-46(43)51(42-28-37-36-17-7-9-19-40(36)50(41(37)29-44(42)53)30-12-4-3-5-13-30)31-14-10-15-32(26-31)52-33-21-22-34-35-16-6-8-18-39(35)49-25-24-48-45(49)38(34)27-33/h3-29H,1-2H3. The molecule has 0 spiro atoms. The summed E-state index contributed by atoms with van der Waals surface area (Å²) in [6.07, 6.45) is 5.79. The molecule has 252 valence electrons. The lowest BCUT2D eigenvalue weighted by Gasteiger charge is -2.40. The maximum Gasteiger partial charge on any atom is 0.145 e. The molecular weight excluding hydrogens is 667 g/mol. The number of nitrogens with zero attached hydrogens (tertiary/aromatic N) is 5. The lowest BCUT2D eigenvalue weighted by Crippen LogP contribution is -2.58. The molecule has 1 aliphatic rings. The van der Waals surface area contributed by atoms with Crippen LogP contribution in [0.3, 0.4) is 0 Å². The van der Waals surface area contributed by atoms with Crippen LogP contribution in [0, 0.1) is 0 Å². The molecule has 1 aliphatic heterocycles. The molecule has 0 saturated carbocycles. The number of para-hydroxylation sites is 3. The van der Waals surface area contributed by atoms with Gasteiger partial charge in [0, 0.05) is 57.6 Å². The van der Waals surface area contributed by atoms with Crippen molar-refractivity contribution in [2.45, 2.75) is 13.1 Å². The van der Waals surface area contributed by atoms with E-state index in [1.54, 1.807) is 0 Å². The van der Waals surface area contributed by atoms with Crippen LogP contribution in [-0.4, -0.2) is 27.0 Å². The number of hydrogen-bond acceptors (Lipinski definition) is 4. The molecular formula is C46H33N5OSi. The lowest BCUT2D eigenvalue weighted by atomic mass is 10.1. The Kier molecular flexibility index (Phi) is 6.30. The maximum atomic E-state index is 6.67. The van der Waals surface area contributed by atoms with Gasteiger partial charge < -0.3 is 9.30 Å². The fourth-order valence-corrected chi connectivity index (χ4v) is 11.4. The Balaban J connectivity index is 1.08. The quantitative estimate of drug-likeness (QED) is 0.136. The Morgan fingerprint density at radius 1 is 0.509 bits per heavy atom. The minimum Gasteiger partial charge on any atom is -0.457 e. The smallest absolute Gasteiger partial charge is 0.145 e. The summed E-state index contributed by atoms with van der Waals surface area (Å²) in [7, 11) is -2.19. The first-order valence-corrected chi connectivity index (χ1v) is 21.0. The van der Waals surface area contributed by atoms with Crippen molar-refractivity contribution < 1.29 is 4.74 Å². The van der Waals surface area contributed by atoms with Crippen LogP contribution in [0.4, 0.5) is 17.2 Å². The van der Waals surface area contributed by atoms with E-state index in [0.717, 1.165) is 50.6 Å². The zero-order chi connectivity index (χ0) is 35.3. The zero-order valence-electron chi connectivity index (χ0n) is 29.2. The summed E-state index contributed by atoms with van der Waals surface area (Å²) in [4.78, 5) is 12.1. The van der Waals surface area contributed by atoms with E-state index in [1.165, 1.54) is 43.3 Å². The van der Waals surface area contributed by atoms with E-state index >= 15 is 0 Å². The fraction of sp³-hybridized carbons (Fsp3) is 0.0435. The van der Waals surface area contributed by atoms with Crippen LogP contribution in [0.25, 0.3) is 54.8 Å². The van der Waals surface area contributed by atoms with Crippen LogP contribution in [0.1, 0.15) is 0 Å². The first kappa shape index (κ1) is 30.0. The molecule has 7 heteroatoms. The summed E-state index contributed by atoms with van der Waals surface area (Å²) in [5.41, 5.74) is 7.80. The predicted molar refractivity (Wildman–Crippen MR) is 220 cm³/mol. The Labute approximate surface area is 306 Å². The molecule has 0 atom stereocenters. The first-order chi connectivity index (χ1) is 26.0. The molecule has 0 amide bonds. The monoisotopic (exact) mass is 699 g/mol. The molecule has 0 saturated heterocycles. The van der Waals surface area contributed by atoms with E-state index in [-0.39, 0.29) is 0 Å². The van der Waals surface area contributed by atoms with Crippen LogP contribution in [0.2, 0.25) is 13.1 Å². The molecule has 5 heterocycles. The molecule has 6 aromatic carbocycles. The molecule has 0 bridgehead atoms. The number of hydrogen-bond donors (Lipinski definition) is 0. The van der Waals surface area contributed by atoms with E-state index in [4.69, 9.17) is 14.7 Å². The van der Waals surface area contributed by atoms with Gasteiger partial charge in [0.05, 0.1) is 22.2 Å². The van der Waals surface area contributed by atoms with Gasteiger partial charge >= 0.3 is 0 Å². The minimum atomic E-state index is -2.19. The third kappa shape index (κ3) is 4.38.